The molecule has 2 N–H and O–H groups in total. The molecule has 0 amide bonds. The van der Waals surface area contributed by atoms with Crippen molar-refractivity contribution in [3.05, 3.63) is 32.7 Å². The van der Waals surface area contributed by atoms with Crippen molar-refractivity contribution in [3.63, 3.8) is 0 Å². The fourth-order valence-electron chi connectivity index (χ4n) is 1.84. The molecule has 0 saturated heterocycles. The normalized spacial score (nSPS) is 19.1. The molecule has 1 nitrogen and oxygen atoms in total. The maximum Gasteiger partial charge on any atom is 0.0324 e. The van der Waals surface area contributed by atoms with Crippen LogP contribution in [0.15, 0.2) is 27.1 Å². The van der Waals surface area contributed by atoms with Gasteiger partial charge in [0.05, 0.1) is 0 Å². The first-order chi connectivity index (χ1) is 6.66. The van der Waals surface area contributed by atoms with Crippen molar-refractivity contribution in [1.29, 1.82) is 0 Å². The maximum absolute atomic E-state index is 6.20. The van der Waals surface area contributed by atoms with Gasteiger partial charge in [-0.25, -0.2) is 0 Å². The van der Waals surface area contributed by atoms with Crippen LogP contribution in [0.4, 0.5) is 0 Å². The SMILES string of the molecule is N[C@@H](c1cc(Br)cc(Br)c1)C1CCC1. The summed E-state index contributed by atoms with van der Waals surface area (Å²) in [5, 5.41) is 0. The zero-order valence-corrected chi connectivity index (χ0v) is 11.0. The lowest BCUT2D eigenvalue weighted by molar-refractivity contribution is 0.264. The van der Waals surface area contributed by atoms with Crippen LogP contribution in [-0.4, -0.2) is 0 Å². The van der Waals surface area contributed by atoms with Gasteiger partial charge in [0.15, 0.2) is 0 Å². The van der Waals surface area contributed by atoms with Gasteiger partial charge in [-0.3, -0.25) is 0 Å². The average Bonchev–Trinajstić information content (AvgIpc) is 1.98. The van der Waals surface area contributed by atoms with Crippen LogP contribution in [0.1, 0.15) is 30.9 Å². The molecule has 1 aliphatic carbocycles. The van der Waals surface area contributed by atoms with E-state index >= 15 is 0 Å². The molecular formula is C11H13Br2N. The summed E-state index contributed by atoms with van der Waals surface area (Å²) in [5.41, 5.74) is 7.43. The van der Waals surface area contributed by atoms with Crippen LogP contribution in [0.5, 0.6) is 0 Å². The Labute approximate surface area is 101 Å². The predicted molar refractivity (Wildman–Crippen MR) is 66.1 cm³/mol. The van der Waals surface area contributed by atoms with Gasteiger partial charge in [-0.2, -0.15) is 0 Å². The summed E-state index contributed by atoms with van der Waals surface area (Å²) < 4.78 is 2.19. The van der Waals surface area contributed by atoms with Gasteiger partial charge in [-0.15, -0.1) is 0 Å². The van der Waals surface area contributed by atoms with Crippen molar-refractivity contribution in [1.82, 2.24) is 0 Å². The minimum Gasteiger partial charge on any atom is -0.324 e. The highest BCUT2D eigenvalue weighted by Gasteiger charge is 2.25. The molecule has 1 aromatic rings. The number of hydrogen-bond acceptors (Lipinski definition) is 1. The number of nitrogens with two attached hydrogens (primary N) is 1. The van der Waals surface area contributed by atoms with E-state index in [1.165, 1.54) is 24.8 Å². The first-order valence-electron chi connectivity index (χ1n) is 4.88. The summed E-state index contributed by atoms with van der Waals surface area (Å²) >= 11 is 6.97. The van der Waals surface area contributed by atoms with Gasteiger partial charge in [0.2, 0.25) is 0 Å². The van der Waals surface area contributed by atoms with Crippen molar-refractivity contribution >= 4 is 31.9 Å². The van der Waals surface area contributed by atoms with Crippen LogP contribution < -0.4 is 5.73 Å². The summed E-state index contributed by atoms with van der Waals surface area (Å²) in [6.07, 6.45) is 3.91. The number of benzene rings is 1. The van der Waals surface area contributed by atoms with E-state index in [1.54, 1.807) is 0 Å². The van der Waals surface area contributed by atoms with Crippen molar-refractivity contribution in [2.24, 2.45) is 11.7 Å². The van der Waals surface area contributed by atoms with Gasteiger partial charge in [-0.1, -0.05) is 38.3 Å². The van der Waals surface area contributed by atoms with Crippen LogP contribution in [0, 0.1) is 5.92 Å². The van der Waals surface area contributed by atoms with Crippen molar-refractivity contribution in [2.75, 3.05) is 0 Å². The Kier molecular flexibility index (Phi) is 3.30. The van der Waals surface area contributed by atoms with Crippen LogP contribution in [0.25, 0.3) is 0 Å². The summed E-state index contributed by atoms with van der Waals surface area (Å²) in [6, 6.07) is 6.48. The highest BCUT2D eigenvalue weighted by Crippen LogP contribution is 2.37. The zero-order valence-electron chi connectivity index (χ0n) is 7.84. The Balaban J connectivity index is 2.21. The van der Waals surface area contributed by atoms with Crippen molar-refractivity contribution in [2.45, 2.75) is 25.3 Å². The second kappa shape index (κ2) is 4.33. The van der Waals surface area contributed by atoms with Crippen molar-refractivity contribution in [3.8, 4) is 0 Å². The quantitative estimate of drug-likeness (QED) is 0.876. The third kappa shape index (κ3) is 2.20. The topological polar surface area (TPSA) is 26.0 Å². The Hall–Kier alpha value is 0.140. The molecule has 14 heavy (non-hydrogen) atoms. The molecule has 1 aromatic carbocycles. The predicted octanol–water partition coefficient (Wildman–Crippen LogP) is 4.01. The highest BCUT2D eigenvalue weighted by atomic mass is 79.9. The number of rotatable bonds is 2. The van der Waals surface area contributed by atoms with E-state index in [9.17, 15) is 0 Å². The smallest absolute Gasteiger partial charge is 0.0324 e. The van der Waals surface area contributed by atoms with Crippen LogP contribution >= 0.6 is 31.9 Å². The maximum atomic E-state index is 6.20. The van der Waals surface area contributed by atoms with E-state index < -0.39 is 0 Å². The Bertz CT molecular complexity index is 314. The fourth-order valence-corrected chi connectivity index (χ4v) is 3.17. The van der Waals surface area contributed by atoms with Gasteiger partial charge in [-0.05, 0) is 42.5 Å². The molecule has 0 radical (unpaired) electrons. The lowest BCUT2D eigenvalue weighted by Crippen LogP contribution is -2.26. The molecule has 0 aliphatic heterocycles. The first kappa shape index (κ1) is 10.7. The average molecular weight is 319 g/mol. The molecule has 2 rings (SSSR count). The largest absolute Gasteiger partial charge is 0.324 e. The van der Waals surface area contributed by atoms with Crippen LogP contribution in [-0.2, 0) is 0 Å². The monoisotopic (exact) mass is 317 g/mol. The molecule has 1 aliphatic rings. The van der Waals surface area contributed by atoms with E-state index in [4.69, 9.17) is 5.73 Å². The molecule has 1 saturated carbocycles. The van der Waals surface area contributed by atoms with E-state index in [1.807, 2.05) is 6.07 Å². The van der Waals surface area contributed by atoms with Crippen LogP contribution in [0.2, 0.25) is 0 Å². The molecule has 0 unspecified atom stereocenters. The Morgan fingerprint density at radius 1 is 1.14 bits per heavy atom. The molecule has 76 valence electrons. The highest BCUT2D eigenvalue weighted by molar-refractivity contribution is 9.11. The Morgan fingerprint density at radius 3 is 2.14 bits per heavy atom. The second-order valence-electron chi connectivity index (χ2n) is 3.92. The summed E-state index contributed by atoms with van der Waals surface area (Å²) in [5.74, 6) is 0.691. The number of halogens is 2. The molecular weight excluding hydrogens is 306 g/mol. The summed E-state index contributed by atoms with van der Waals surface area (Å²) in [6.45, 7) is 0. The lowest BCUT2D eigenvalue weighted by atomic mass is 9.78. The molecule has 0 bridgehead atoms. The fraction of sp³-hybridized carbons (Fsp3) is 0.455. The van der Waals surface area contributed by atoms with Gasteiger partial charge < -0.3 is 5.73 Å². The standard InChI is InChI=1S/C11H13Br2N/c12-9-4-8(5-10(13)6-9)11(14)7-2-1-3-7/h4-7,11H,1-3,14H2/t11-/m1/s1. The van der Waals surface area contributed by atoms with E-state index in [2.05, 4.69) is 44.0 Å². The Morgan fingerprint density at radius 2 is 1.71 bits per heavy atom. The van der Waals surface area contributed by atoms with E-state index in [-0.39, 0.29) is 6.04 Å². The summed E-state index contributed by atoms with van der Waals surface area (Å²) in [7, 11) is 0. The first-order valence-corrected chi connectivity index (χ1v) is 6.47. The molecule has 3 heteroatoms. The molecule has 0 heterocycles. The minimum absolute atomic E-state index is 0.206. The second-order valence-corrected chi connectivity index (χ2v) is 5.75. The minimum atomic E-state index is 0.206. The molecule has 1 fully saturated rings. The van der Waals surface area contributed by atoms with Gasteiger partial charge in [0.1, 0.15) is 0 Å². The number of hydrogen-bond donors (Lipinski definition) is 1. The zero-order chi connectivity index (χ0) is 10.1. The van der Waals surface area contributed by atoms with Crippen LogP contribution in [0.3, 0.4) is 0 Å². The van der Waals surface area contributed by atoms with Gasteiger partial charge >= 0.3 is 0 Å². The van der Waals surface area contributed by atoms with E-state index in [0.29, 0.717) is 5.92 Å². The van der Waals surface area contributed by atoms with Gasteiger partial charge in [0.25, 0.3) is 0 Å². The molecule has 1 atom stereocenters. The molecule has 0 aromatic heterocycles. The van der Waals surface area contributed by atoms with Gasteiger partial charge in [0, 0.05) is 15.0 Å². The third-order valence-electron chi connectivity index (χ3n) is 2.93. The lowest BCUT2D eigenvalue weighted by Gasteiger charge is -2.31. The third-order valence-corrected chi connectivity index (χ3v) is 3.84. The summed E-state index contributed by atoms with van der Waals surface area (Å²) in [4.78, 5) is 0. The molecule has 0 spiro atoms. The van der Waals surface area contributed by atoms with Crippen molar-refractivity contribution < 1.29 is 0 Å². The van der Waals surface area contributed by atoms with E-state index in [0.717, 1.165) is 8.95 Å².